The van der Waals surface area contributed by atoms with E-state index in [-0.39, 0.29) is 23.1 Å². The van der Waals surface area contributed by atoms with Crippen LogP contribution in [0.1, 0.15) is 34.1 Å². The smallest absolute Gasteiger partial charge is 0.325 e. The van der Waals surface area contributed by atoms with Crippen LogP contribution in [0, 0.1) is 0 Å². The molecule has 0 aromatic heterocycles. The SMILES string of the molecule is CCNC(C)(CC(C)SC(C)CO)C(=O)OC. The first kappa shape index (κ1) is 16.7. The number of hydrogen-bond donors (Lipinski definition) is 2. The summed E-state index contributed by atoms with van der Waals surface area (Å²) in [6, 6.07) is 0. The number of aliphatic hydroxyl groups excluding tert-OH is 1. The number of aliphatic hydroxyl groups is 1. The lowest BCUT2D eigenvalue weighted by atomic mass is 9.96. The molecule has 0 fully saturated rings. The molecule has 3 atom stereocenters. The largest absolute Gasteiger partial charge is 0.468 e. The molecule has 102 valence electrons. The number of nitrogens with one attached hydrogen (secondary N) is 1. The fourth-order valence-electron chi connectivity index (χ4n) is 1.91. The zero-order chi connectivity index (χ0) is 13.5. The summed E-state index contributed by atoms with van der Waals surface area (Å²) in [5.74, 6) is -0.233. The average Bonchev–Trinajstić information content (AvgIpc) is 2.27. The van der Waals surface area contributed by atoms with Crippen LogP contribution in [-0.4, -0.2) is 47.4 Å². The highest BCUT2D eigenvalue weighted by Gasteiger charge is 2.35. The first-order valence-corrected chi connectivity index (χ1v) is 6.93. The summed E-state index contributed by atoms with van der Waals surface area (Å²) in [5.41, 5.74) is -0.648. The Bertz CT molecular complexity index is 238. The fraction of sp³-hybridized carbons (Fsp3) is 0.917. The quantitative estimate of drug-likeness (QED) is 0.649. The van der Waals surface area contributed by atoms with Crippen molar-refractivity contribution in [3.63, 3.8) is 0 Å². The third-order valence-electron chi connectivity index (χ3n) is 2.62. The van der Waals surface area contributed by atoms with Crippen molar-refractivity contribution in [2.75, 3.05) is 20.3 Å². The van der Waals surface area contributed by atoms with E-state index < -0.39 is 5.54 Å². The molecule has 2 N–H and O–H groups in total. The van der Waals surface area contributed by atoms with Gasteiger partial charge in [-0.05, 0) is 19.9 Å². The molecule has 0 aliphatic rings. The zero-order valence-electron chi connectivity index (χ0n) is 11.4. The molecule has 3 unspecified atom stereocenters. The van der Waals surface area contributed by atoms with E-state index in [9.17, 15) is 4.79 Å². The maximum Gasteiger partial charge on any atom is 0.325 e. The molecule has 0 aliphatic heterocycles. The molecule has 0 aliphatic carbocycles. The summed E-state index contributed by atoms with van der Waals surface area (Å²) in [7, 11) is 1.41. The minimum absolute atomic E-state index is 0.158. The lowest BCUT2D eigenvalue weighted by Crippen LogP contribution is -2.51. The normalized spacial score (nSPS) is 18.2. The van der Waals surface area contributed by atoms with Gasteiger partial charge in [-0.1, -0.05) is 20.8 Å². The predicted molar refractivity (Wildman–Crippen MR) is 72.3 cm³/mol. The van der Waals surface area contributed by atoms with Crippen LogP contribution in [0.25, 0.3) is 0 Å². The highest BCUT2D eigenvalue weighted by Crippen LogP contribution is 2.26. The lowest BCUT2D eigenvalue weighted by Gasteiger charge is -2.30. The van der Waals surface area contributed by atoms with E-state index in [1.54, 1.807) is 11.8 Å². The zero-order valence-corrected chi connectivity index (χ0v) is 12.3. The van der Waals surface area contributed by atoms with Gasteiger partial charge < -0.3 is 15.2 Å². The van der Waals surface area contributed by atoms with Crippen molar-refractivity contribution in [2.45, 2.75) is 50.2 Å². The Kier molecular flexibility index (Phi) is 7.83. The summed E-state index contributed by atoms with van der Waals surface area (Å²) < 4.78 is 4.84. The molecular formula is C12H25NO3S. The van der Waals surface area contributed by atoms with Gasteiger partial charge in [0.2, 0.25) is 0 Å². The minimum Gasteiger partial charge on any atom is -0.468 e. The van der Waals surface area contributed by atoms with E-state index in [2.05, 4.69) is 12.2 Å². The molecule has 4 nitrogen and oxygen atoms in total. The van der Waals surface area contributed by atoms with Crippen LogP contribution in [-0.2, 0) is 9.53 Å². The second-order valence-corrected chi connectivity index (χ2v) is 6.38. The molecule has 0 saturated carbocycles. The van der Waals surface area contributed by atoms with Crippen LogP contribution in [0.4, 0.5) is 0 Å². The molecule has 0 amide bonds. The maximum absolute atomic E-state index is 11.8. The molecular weight excluding hydrogens is 238 g/mol. The lowest BCUT2D eigenvalue weighted by molar-refractivity contribution is -0.148. The molecule has 0 saturated heterocycles. The molecule has 5 heteroatoms. The van der Waals surface area contributed by atoms with Crippen molar-refractivity contribution in [3.05, 3.63) is 0 Å². The van der Waals surface area contributed by atoms with Gasteiger partial charge in [0.05, 0.1) is 13.7 Å². The Labute approximate surface area is 108 Å². The number of carbonyl (C=O) groups excluding carboxylic acids is 1. The van der Waals surface area contributed by atoms with Crippen molar-refractivity contribution in [3.8, 4) is 0 Å². The number of carbonyl (C=O) groups is 1. The van der Waals surface area contributed by atoms with Gasteiger partial charge in [0.15, 0.2) is 0 Å². The fourth-order valence-corrected chi connectivity index (χ4v) is 3.21. The molecule has 0 heterocycles. The van der Waals surface area contributed by atoms with E-state index in [0.29, 0.717) is 6.42 Å². The molecule has 0 spiro atoms. The number of ether oxygens (including phenoxy) is 1. The predicted octanol–water partition coefficient (Wildman–Crippen LogP) is 1.42. The Morgan fingerprint density at radius 1 is 1.47 bits per heavy atom. The van der Waals surface area contributed by atoms with E-state index in [4.69, 9.17) is 9.84 Å². The van der Waals surface area contributed by atoms with Gasteiger partial charge in [-0.25, -0.2) is 0 Å². The molecule has 17 heavy (non-hydrogen) atoms. The van der Waals surface area contributed by atoms with E-state index >= 15 is 0 Å². The summed E-state index contributed by atoms with van der Waals surface area (Å²) in [6.07, 6.45) is 0.683. The number of esters is 1. The number of hydrogen-bond acceptors (Lipinski definition) is 5. The third kappa shape index (κ3) is 5.75. The van der Waals surface area contributed by atoms with Crippen LogP contribution in [0.15, 0.2) is 0 Å². The van der Waals surface area contributed by atoms with Crippen LogP contribution in [0.3, 0.4) is 0 Å². The monoisotopic (exact) mass is 263 g/mol. The maximum atomic E-state index is 11.8. The van der Waals surface area contributed by atoms with Gasteiger partial charge in [-0.2, -0.15) is 11.8 Å². The minimum atomic E-state index is -0.648. The Balaban J connectivity index is 4.48. The second-order valence-electron chi connectivity index (χ2n) is 4.50. The Morgan fingerprint density at radius 2 is 2.06 bits per heavy atom. The second kappa shape index (κ2) is 7.95. The molecule has 0 bridgehead atoms. The van der Waals surface area contributed by atoms with Gasteiger partial charge in [0.1, 0.15) is 5.54 Å². The van der Waals surface area contributed by atoms with Gasteiger partial charge in [0, 0.05) is 10.5 Å². The van der Waals surface area contributed by atoms with Crippen LogP contribution < -0.4 is 5.32 Å². The highest BCUT2D eigenvalue weighted by atomic mass is 32.2. The first-order chi connectivity index (χ1) is 7.89. The number of thioether (sulfide) groups is 1. The van der Waals surface area contributed by atoms with Crippen LogP contribution in [0.5, 0.6) is 0 Å². The van der Waals surface area contributed by atoms with Crippen LogP contribution >= 0.6 is 11.8 Å². The van der Waals surface area contributed by atoms with Crippen molar-refractivity contribution >= 4 is 17.7 Å². The standard InChI is InChI=1S/C12H25NO3S/c1-6-13-12(4,11(15)16-5)7-9(2)17-10(3)8-14/h9-10,13-14H,6-8H2,1-5H3. The average molecular weight is 263 g/mol. The van der Waals surface area contributed by atoms with Gasteiger partial charge in [-0.3, -0.25) is 4.79 Å². The summed E-state index contributed by atoms with van der Waals surface area (Å²) >= 11 is 1.68. The number of likely N-dealkylation sites (N-methyl/N-ethyl adjacent to an activating group) is 1. The van der Waals surface area contributed by atoms with Crippen molar-refractivity contribution in [1.29, 1.82) is 0 Å². The highest BCUT2D eigenvalue weighted by molar-refractivity contribution is 8.00. The molecule has 0 aromatic rings. The number of rotatable bonds is 8. The summed E-state index contributed by atoms with van der Waals surface area (Å²) in [5, 5.41) is 12.7. The Morgan fingerprint density at radius 3 is 2.47 bits per heavy atom. The van der Waals surface area contributed by atoms with Crippen molar-refractivity contribution in [1.82, 2.24) is 5.32 Å². The van der Waals surface area contributed by atoms with Crippen molar-refractivity contribution < 1.29 is 14.6 Å². The van der Waals surface area contributed by atoms with Gasteiger partial charge >= 0.3 is 5.97 Å². The van der Waals surface area contributed by atoms with Crippen LogP contribution in [0.2, 0.25) is 0 Å². The molecule has 0 rings (SSSR count). The summed E-state index contributed by atoms with van der Waals surface area (Å²) in [4.78, 5) is 11.8. The topological polar surface area (TPSA) is 58.6 Å². The molecule has 0 aromatic carbocycles. The van der Waals surface area contributed by atoms with Gasteiger partial charge in [-0.15, -0.1) is 0 Å². The molecule has 0 radical (unpaired) electrons. The Hall–Kier alpha value is -0.260. The third-order valence-corrected chi connectivity index (χ3v) is 3.87. The van der Waals surface area contributed by atoms with Gasteiger partial charge in [0.25, 0.3) is 0 Å². The van der Waals surface area contributed by atoms with E-state index in [1.807, 2.05) is 20.8 Å². The van der Waals surface area contributed by atoms with Crippen molar-refractivity contribution in [2.24, 2.45) is 0 Å². The summed E-state index contributed by atoms with van der Waals surface area (Å²) in [6.45, 7) is 8.75. The number of methoxy groups -OCH3 is 1. The first-order valence-electron chi connectivity index (χ1n) is 5.99. The van der Waals surface area contributed by atoms with E-state index in [0.717, 1.165) is 6.54 Å². The van der Waals surface area contributed by atoms with E-state index in [1.165, 1.54) is 7.11 Å².